The lowest BCUT2D eigenvalue weighted by atomic mass is 9.73. The van der Waals surface area contributed by atoms with E-state index in [2.05, 4.69) is 40.2 Å². The van der Waals surface area contributed by atoms with Gasteiger partial charge < -0.3 is 10.2 Å². The lowest BCUT2D eigenvalue weighted by Gasteiger charge is -2.36. The Labute approximate surface area is 256 Å². The first-order valence-electron chi connectivity index (χ1n) is 15.0. The summed E-state index contributed by atoms with van der Waals surface area (Å²) in [7, 11) is 0. The van der Waals surface area contributed by atoms with E-state index in [1.165, 1.54) is 15.3 Å². The van der Waals surface area contributed by atoms with Gasteiger partial charge in [-0.05, 0) is 49.2 Å². The summed E-state index contributed by atoms with van der Waals surface area (Å²) in [6.45, 7) is 6.99. The minimum absolute atomic E-state index is 0.0929. The third-order valence-corrected chi connectivity index (χ3v) is 9.83. The monoisotopic (exact) mass is 589 g/mol. The number of amidine groups is 1. The number of carbonyl (C=O) groups is 2. The molecule has 0 radical (unpaired) electrons. The van der Waals surface area contributed by atoms with Crippen molar-refractivity contribution >= 4 is 45.4 Å². The zero-order chi connectivity index (χ0) is 29.4. The maximum absolute atomic E-state index is 14.0. The zero-order valence-electron chi connectivity index (χ0n) is 24.3. The maximum atomic E-state index is 14.0. The summed E-state index contributed by atoms with van der Waals surface area (Å²) < 4.78 is 0. The van der Waals surface area contributed by atoms with Crippen LogP contribution in [0.25, 0.3) is 0 Å². The molecule has 1 aromatic heterocycles. The van der Waals surface area contributed by atoms with Gasteiger partial charge in [0.15, 0.2) is 0 Å². The Kier molecular flexibility index (Phi) is 7.33. The second kappa shape index (κ2) is 11.4. The number of para-hydroxylation sites is 2. The molecule has 2 saturated heterocycles. The van der Waals surface area contributed by atoms with E-state index in [-0.39, 0.29) is 18.2 Å². The Hall–Kier alpha value is -4.27. The van der Waals surface area contributed by atoms with E-state index in [1.807, 2.05) is 72.8 Å². The zero-order valence-corrected chi connectivity index (χ0v) is 25.1. The van der Waals surface area contributed by atoms with Gasteiger partial charge in [0.2, 0.25) is 11.8 Å². The van der Waals surface area contributed by atoms with Gasteiger partial charge >= 0.3 is 0 Å². The second-order valence-electron chi connectivity index (χ2n) is 11.5. The second-order valence-corrected chi connectivity index (χ2v) is 12.8. The van der Waals surface area contributed by atoms with Crippen LogP contribution in [-0.4, -0.2) is 71.6 Å². The molecule has 0 atom stereocenters. The van der Waals surface area contributed by atoms with Gasteiger partial charge in [-0.1, -0.05) is 72.8 Å². The van der Waals surface area contributed by atoms with Crippen molar-refractivity contribution in [3.63, 3.8) is 0 Å². The number of carbonyl (C=O) groups excluding carboxylic acids is 2. The predicted octanol–water partition coefficient (Wildman–Crippen LogP) is 5.94. The first-order valence-corrected chi connectivity index (χ1v) is 15.8. The molecule has 3 aliphatic heterocycles. The lowest BCUT2D eigenvalue weighted by Crippen LogP contribution is -2.49. The fourth-order valence-electron chi connectivity index (χ4n) is 6.65. The Morgan fingerprint density at radius 3 is 2.19 bits per heavy atom. The lowest BCUT2D eigenvalue weighted by molar-refractivity contribution is -0.139. The quantitative estimate of drug-likeness (QED) is 0.282. The molecular weight excluding hydrogens is 554 g/mol. The fraction of sp³-hybridized carbons (Fsp3) is 0.286. The average molecular weight is 590 g/mol. The highest BCUT2D eigenvalue weighted by atomic mass is 32.1. The van der Waals surface area contributed by atoms with E-state index in [9.17, 15) is 9.59 Å². The number of imide groups is 1. The minimum Gasteiger partial charge on any atom is -0.353 e. The highest BCUT2D eigenvalue weighted by Crippen LogP contribution is 2.43. The number of aryl methyl sites for hydroxylation is 1. The van der Waals surface area contributed by atoms with Crippen molar-refractivity contribution < 1.29 is 9.59 Å². The molecule has 2 amide bonds. The minimum atomic E-state index is -0.961. The molecule has 0 saturated carbocycles. The summed E-state index contributed by atoms with van der Waals surface area (Å²) in [5, 5.41) is 4.74. The Balaban J connectivity index is 1.01. The third kappa shape index (κ3) is 5.04. The van der Waals surface area contributed by atoms with Gasteiger partial charge in [0, 0.05) is 44.0 Å². The molecule has 2 fully saturated rings. The van der Waals surface area contributed by atoms with Crippen LogP contribution >= 0.6 is 11.3 Å². The predicted molar refractivity (Wildman–Crippen MR) is 173 cm³/mol. The number of fused-ring (bicyclic) bond motifs is 2. The smallest absolute Gasteiger partial charge is 0.244 e. The van der Waals surface area contributed by atoms with Crippen molar-refractivity contribution in [3.8, 4) is 0 Å². The van der Waals surface area contributed by atoms with Gasteiger partial charge in [-0.15, -0.1) is 11.3 Å². The summed E-state index contributed by atoms with van der Waals surface area (Å²) >= 11 is 1.77. The van der Waals surface area contributed by atoms with Crippen molar-refractivity contribution in [2.45, 2.75) is 25.2 Å². The van der Waals surface area contributed by atoms with Crippen LogP contribution in [0.1, 0.15) is 34.4 Å². The van der Waals surface area contributed by atoms with E-state index in [4.69, 9.17) is 4.99 Å². The Bertz CT molecular complexity index is 1640. The summed E-state index contributed by atoms with van der Waals surface area (Å²) in [6, 6.07) is 30.0. The summed E-state index contributed by atoms with van der Waals surface area (Å²) in [5.74, 6) is 0.828. The fourth-order valence-corrected chi connectivity index (χ4v) is 7.57. The first-order chi connectivity index (χ1) is 21.0. The number of thiophene rings is 1. The molecule has 8 heteroatoms. The van der Waals surface area contributed by atoms with Crippen LogP contribution in [0.5, 0.6) is 0 Å². The van der Waals surface area contributed by atoms with Gasteiger partial charge in [0.25, 0.3) is 0 Å². The SMILES string of the molecule is Cc1cc2c(s1)Nc1ccccc1N=C2N1CCN(CCCN2C(=O)CC(c3ccccc3)(c3ccccc3)C2=O)CC1. The summed E-state index contributed by atoms with van der Waals surface area (Å²) in [4.78, 5) is 40.1. The number of piperazine rings is 1. The molecule has 218 valence electrons. The number of nitrogens with one attached hydrogen (secondary N) is 1. The summed E-state index contributed by atoms with van der Waals surface area (Å²) in [5.41, 5.74) is 3.95. The molecule has 7 nitrogen and oxygen atoms in total. The van der Waals surface area contributed by atoms with E-state index in [0.717, 1.165) is 72.5 Å². The number of anilines is 2. The molecule has 43 heavy (non-hydrogen) atoms. The number of rotatable bonds is 6. The number of likely N-dealkylation sites (tertiary alicyclic amines) is 1. The van der Waals surface area contributed by atoms with Crippen LogP contribution < -0.4 is 5.32 Å². The van der Waals surface area contributed by atoms with E-state index in [1.54, 1.807) is 11.3 Å². The van der Waals surface area contributed by atoms with Gasteiger partial charge in [-0.3, -0.25) is 19.4 Å². The molecule has 1 N–H and O–H groups in total. The average Bonchev–Trinajstić information content (AvgIpc) is 3.48. The Morgan fingerprint density at radius 1 is 0.837 bits per heavy atom. The molecule has 0 aliphatic carbocycles. The topological polar surface area (TPSA) is 68.2 Å². The number of hydrogen-bond acceptors (Lipinski definition) is 7. The maximum Gasteiger partial charge on any atom is 0.244 e. The van der Waals surface area contributed by atoms with Crippen LogP contribution in [0.2, 0.25) is 0 Å². The van der Waals surface area contributed by atoms with Crippen LogP contribution in [-0.2, 0) is 15.0 Å². The number of hydrogen-bond donors (Lipinski definition) is 1. The molecule has 3 aromatic carbocycles. The van der Waals surface area contributed by atoms with E-state index >= 15 is 0 Å². The largest absolute Gasteiger partial charge is 0.353 e. The molecule has 0 bridgehead atoms. The molecule has 4 heterocycles. The van der Waals surface area contributed by atoms with Crippen molar-refractivity contribution in [2.24, 2.45) is 4.99 Å². The van der Waals surface area contributed by atoms with Crippen LogP contribution in [0.3, 0.4) is 0 Å². The van der Waals surface area contributed by atoms with Crippen molar-refractivity contribution in [2.75, 3.05) is 44.6 Å². The highest BCUT2D eigenvalue weighted by molar-refractivity contribution is 7.16. The standard InChI is InChI=1S/C35H35N5O2S/c1-25-23-28-32(36-29-15-8-9-16-30(29)37-33(28)43-25)39-21-19-38(20-22-39)17-10-18-40-31(41)24-35(34(40)42,26-11-4-2-5-12-26)27-13-6-3-7-14-27/h2-9,11-16,23,37H,10,17-22,24H2,1H3. The number of aliphatic imine (C=N–C) groups is 1. The normalized spacial score (nSPS) is 18.1. The van der Waals surface area contributed by atoms with Crippen molar-refractivity contribution in [3.05, 3.63) is 113 Å². The first kappa shape index (κ1) is 27.6. The number of benzene rings is 3. The number of amides is 2. The molecule has 7 rings (SSSR count). The Morgan fingerprint density at radius 2 is 1.49 bits per heavy atom. The van der Waals surface area contributed by atoms with Crippen molar-refractivity contribution in [1.82, 2.24) is 14.7 Å². The van der Waals surface area contributed by atoms with Crippen LogP contribution in [0.4, 0.5) is 16.4 Å². The van der Waals surface area contributed by atoms with Gasteiger partial charge in [0.05, 0.1) is 16.9 Å². The van der Waals surface area contributed by atoms with Crippen LogP contribution in [0.15, 0.2) is 96.0 Å². The molecule has 3 aliphatic rings. The van der Waals surface area contributed by atoms with E-state index < -0.39 is 5.41 Å². The molecular formula is C35H35N5O2S. The highest BCUT2D eigenvalue weighted by Gasteiger charge is 2.53. The van der Waals surface area contributed by atoms with Gasteiger partial charge in [0.1, 0.15) is 16.3 Å². The van der Waals surface area contributed by atoms with Crippen LogP contribution in [0, 0.1) is 6.92 Å². The molecule has 0 unspecified atom stereocenters. The van der Waals surface area contributed by atoms with Crippen molar-refractivity contribution in [1.29, 1.82) is 0 Å². The van der Waals surface area contributed by atoms with E-state index in [0.29, 0.717) is 6.54 Å². The number of nitrogens with zero attached hydrogens (tertiary/aromatic N) is 4. The molecule has 0 spiro atoms. The van der Waals surface area contributed by atoms with Gasteiger partial charge in [-0.2, -0.15) is 0 Å². The molecule has 4 aromatic rings. The summed E-state index contributed by atoms with van der Waals surface area (Å²) in [6.07, 6.45) is 0.923. The van der Waals surface area contributed by atoms with Gasteiger partial charge in [-0.25, -0.2) is 4.99 Å². The third-order valence-electron chi connectivity index (χ3n) is 8.86.